The van der Waals surface area contributed by atoms with Crippen molar-refractivity contribution in [3.8, 4) is 0 Å². The van der Waals surface area contributed by atoms with Crippen molar-refractivity contribution in [3.63, 3.8) is 0 Å². The van der Waals surface area contributed by atoms with E-state index in [-0.39, 0.29) is 5.78 Å². The molecule has 0 aliphatic carbocycles. The molecule has 0 atom stereocenters. The molecule has 0 aliphatic heterocycles. The normalized spacial score (nSPS) is 11.5. The van der Waals surface area contributed by atoms with E-state index in [9.17, 15) is 4.79 Å². The van der Waals surface area contributed by atoms with Crippen LogP contribution in [-0.2, 0) is 13.0 Å². The van der Waals surface area contributed by atoms with Crippen LogP contribution in [0.2, 0.25) is 0 Å². The fourth-order valence-electron chi connectivity index (χ4n) is 3.62. The number of hydrogen-bond acceptors (Lipinski definition) is 4. The number of ketones is 1. The van der Waals surface area contributed by atoms with Gasteiger partial charge in [0.1, 0.15) is 0 Å². The number of carbonyl (C=O) groups excluding carboxylic acids is 1. The largest absolute Gasteiger partial charge is 0.381 e. The van der Waals surface area contributed by atoms with Gasteiger partial charge < -0.3 is 5.32 Å². The summed E-state index contributed by atoms with van der Waals surface area (Å²) in [6, 6.07) is 0.374. The molecule has 0 saturated heterocycles. The van der Waals surface area contributed by atoms with Gasteiger partial charge in [-0.3, -0.25) is 4.79 Å². The standard InChI is InChI=1S/C21H34N4O/c1-6-11-15(12-7-2)23-20-16-14-22-25(10-5)21(16)24-17(9-4)19(20)18(26)13-8-3/h14-15H,6-13H2,1-5H3,(H,23,24). The molecule has 144 valence electrons. The maximum atomic E-state index is 13.0. The number of Topliss-reactive ketones (excluding diaryl/α,β-unsaturated/α-hetero) is 1. The van der Waals surface area contributed by atoms with Crippen LogP contribution in [0.15, 0.2) is 6.20 Å². The van der Waals surface area contributed by atoms with Crippen LogP contribution in [0.3, 0.4) is 0 Å². The number of rotatable bonds is 11. The van der Waals surface area contributed by atoms with E-state index < -0.39 is 0 Å². The Hall–Kier alpha value is -1.91. The van der Waals surface area contributed by atoms with E-state index in [1.165, 1.54) is 0 Å². The second kappa shape index (κ2) is 9.70. The van der Waals surface area contributed by atoms with E-state index in [0.29, 0.717) is 12.5 Å². The Labute approximate surface area is 157 Å². The molecule has 0 radical (unpaired) electrons. The Bertz CT molecular complexity index is 729. The van der Waals surface area contributed by atoms with Crippen LogP contribution in [0.4, 0.5) is 5.69 Å². The lowest BCUT2D eigenvalue weighted by molar-refractivity contribution is 0.0981. The van der Waals surface area contributed by atoms with Crippen LogP contribution in [0.5, 0.6) is 0 Å². The maximum absolute atomic E-state index is 13.0. The van der Waals surface area contributed by atoms with Gasteiger partial charge in [-0.2, -0.15) is 5.10 Å². The second-order valence-corrected chi connectivity index (χ2v) is 6.95. The van der Waals surface area contributed by atoms with Crippen molar-refractivity contribution in [3.05, 3.63) is 17.5 Å². The molecule has 0 bridgehead atoms. The Morgan fingerprint density at radius 2 is 1.81 bits per heavy atom. The van der Waals surface area contributed by atoms with E-state index in [4.69, 9.17) is 4.98 Å². The number of carbonyl (C=O) groups is 1. The zero-order valence-electron chi connectivity index (χ0n) is 17.1. The molecular formula is C21H34N4O. The van der Waals surface area contributed by atoms with Crippen molar-refractivity contribution < 1.29 is 4.79 Å². The molecule has 0 spiro atoms. The summed E-state index contributed by atoms with van der Waals surface area (Å²) in [6.45, 7) is 11.4. The molecule has 5 nitrogen and oxygen atoms in total. The number of nitrogens with zero attached hydrogens (tertiary/aromatic N) is 3. The van der Waals surface area contributed by atoms with Crippen molar-refractivity contribution in [2.24, 2.45) is 0 Å². The summed E-state index contributed by atoms with van der Waals surface area (Å²) in [5.41, 5.74) is 3.51. The summed E-state index contributed by atoms with van der Waals surface area (Å²) in [7, 11) is 0. The van der Waals surface area contributed by atoms with Gasteiger partial charge in [0.15, 0.2) is 11.4 Å². The monoisotopic (exact) mass is 358 g/mol. The highest BCUT2D eigenvalue weighted by molar-refractivity contribution is 6.08. The molecule has 1 N–H and O–H groups in total. The predicted octanol–water partition coefficient (Wildman–Crippen LogP) is 5.38. The quantitative estimate of drug-likeness (QED) is 0.548. The van der Waals surface area contributed by atoms with Gasteiger partial charge in [-0.15, -0.1) is 0 Å². The number of aryl methyl sites for hydroxylation is 2. The summed E-state index contributed by atoms with van der Waals surface area (Å²) in [5, 5.41) is 9.20. The summed E-state index contributed by atoms with van der Waals surface area (Å²) in [6.07, 6.45) is 8.47. The van der Waals surface area contributed by atoms with E-state index in [1.54, 1.807) is 0 Å². The second-order valence-electron chi connectivity index (χ2n) is 6.95. The number of pyridine rings is 1. The molecule has 0 saturated carbocycles. The number of fused-ring (bicyclic) bond motifs is 1. The topological polar surface area (TPSA) is 59.8 Å². The van der Waals surface area contributed by atoms with Crippen LogP contribution in [0.25, 0.3) is 11.0 Å². The zero-order valence-corrected chi connectivity index (χ0v) is 17.1. The van der Waals surface area contributed by atoms with Gasteiger partial charge in [0, 0.05) is 19.0 Å². The smallest absolute Gasteiger partial charge is 0.166 e. The minimum absolute atomic E-state index is 0.192. The van der Waals surface area contributed by atoms with Gasteiger partial charge in [-0.05, 0) is 32.6 Å². The highest BCUT2D eigenvalue weighted by atomic mass is 16.1. The minimum atomic E-state index is 0.192. The van der Waals surface area contributed by atoms with Gasteiger partial charge >= 0.3 is 0 Å². The number of aromatic nitrogens is 3. The minimum Gasteiger partial charge on any atom is -0.381 e. The number of hydrogen-bond donors (Lipinski definition) is 1. The van der Waals surface area contributed by atoms with Gasteiger partial charge in [0.2, 0.25) is 0 Å². The molecule has 0 fully saturated rings. The lowest BCUT2D eigenvalue weighted by Gasteiger charge is -2.22. The molecule has 2 heterocycles. The molecule has 2 aromatic heterocycles. The van der Waals surface area contributed by atoms with Crippen LogP contribution in [0.1, 0.15) is 89.2 Å². The maximum Gasteiger partial charge on any atom is 0.166 e. The van der Waals surface area contributed by atoms with Crippen LogP contribution < -0.4 is 5.32 Å². The van der Waals surface area contributed by atoms with Gasteiger partial charge in [-0.1, -0.05) is 40.5 Å². The molecular weight excluding hydrogens is 324 g/mol. The Morgan fingerprint density at radius 1 is 1.12 bits per heavy atom. The van der Waals surface area contributed by atoms with Gasteiger partial charge in [0.25, 0.3) is 0 Å². The molecule has 2 aromatic rings. The van der Waals surface area contributed by atoms with Crippen molar-refractivity contribution in [1.82, 2.24) is 14.8 Å². The Kier molecular flexibility index (Phi) is 7.61. The summed E-state index contributed by atoms with van der Waals surface area (Å²) in [5.74, 6) is 0.192. The molecule has 5 heteroatoms. The number of nitrogens with one attached hydrogen (secondary N) is 1. The molecule has 26 heavy (non-hydrogen) atoms. The predicted molar refractivity (Wildman–Crippen MR) is 109 cm³/mol. The van der Waals surface area contributed by atoms with E-state index >= 15 is 0 Å². The first-order valence-electron chi connectivity index (χ1n) is 10.3. The average Bonchev–Trinajstić information content (AvgIpc) is 3.04. The van der Waals surface area contributed by atoms with Crippen LogP contribution >= 0.6 is 0 Å². The summed E-state index contributed by atoms with van der Waals surface area (Å²) >= 11 is 0. The fraction of sp³-hybridized carbons (Fsp3) is 0.667. The third kappa shape index (κ3) is 4.25. The molecule has 2 rings (SSSR count). The highest BCUT2D eigenvalue weighted by Crippen LogP contribution is 2.32. The third-order valence-electron chi connectivity index (χ3n) is 4.87. The summed E-state index contributed by atoms with van der Waals surface area (Å²) in [4.78, 5) is 17.8. The van der Waals surface area contributed by atoms with E-state index in [2.05, 4.69) is 45.0 Å². The Balaban J connectivity index is 2.65. The summed E-state index contributed by atoms with van der Waals surface area (Å²) < 4.78 is 1.92. The van der Waals surface area contributed by atoms with Crippen molar-refractivity contribution in [2.45, 2.75) is 92.2 Å². The lowest BCUT2D eigenvalue weighted by Crippen LogP contribution is -2.22. The molecule has 0 amide bonds. The van der Waals surface area contributed by atoms with Crippen molar-refractivity contribution >= 4 is 22.5 Å². The van der Waals surface area contributed by atoms with Crippen LogP contribution in [0, 0.1) is 0 Å². The van der Waals surface area contributed by atoms with E-state index in [1.807, 2.05) is 10.9 Å². The highest BCUT2D eigenvalue weighted by Gasteiger charge is 2.23. The van der Waals surface area contributed by atoms with Crippen molar-refractivity contribution in [1.29, 1.82) is 0 Å². The molecule has 0 unspecified atom stereocenters. The average molecular weight is 359 g/mol. The first-order valence-corrected chi connectivity index (χ1v) is 10.3. The zero-order chi connectivity index (χ0) is 19.1. The first-order chi connectivity index (χ1) is 12.6. The van der Waals surface area contributed by atoms with E-state index in [0.717, 1.165) is 73.0 Å². The van der Waals surface area contributed by atoms with Gasteiger partial charge in [-0.25, -0.2) is 9.67 Å². The number of anilines is 1. The Morgan fingerprint density at radius 3 is 2.35 bits per heavy atom. The molecule has 0 aliphatic rings. The SMILES string of the molecule is CCCC(=O)c1c(CC)nc2c(cnn2CC)c1NC(CCC)CCC. The van der Waals surface area contributed by atoms with Crippen LogP contribution in [-0.4, -0.2) is 26.6 Å². The van der Waals surface area contributed by atoms with Crippen molar-refractivity contribution in [2.75, 3.05) is 5.32 Å². The fourth-order valence-corrected chi connectivity index (χ4v) is 3.62. The first kappa shape index (κ1) is 20.4. The third-order valence-corrected chi connectivity index (χ3v) is 4.87. The lowest BCUT2D eigenvalue weighted by atomic mass is 9.98. The molecule has 0 aromatic carbocycles. The van der Waals surface area contributed by atoms with Gasteiger partial charge in [0.05, 0.1) is 28.5 Å².